The number of nitrogens with two attached hydrogens (primary N) is 4. The average Bonchev–Trinajstić information content (AvgIpc) is 2.92. The molecule has 1 saturated carbocycles. The van der Waals surface area contributed by atoms with Gasteiger partial charge >= 0.3 is 0 Å². The zero-order valence-corrected chi connectivity index (χ0v) is 24.0. The summed E-state index contributed by atoms with van der Waals surface area (Å²) < 4.78 is 0. The Hall–Kier alpha value is -4.16. The molecule has 13 nitrogen and oxygen atoms in total. The van der Waals surface area contributed by atoms with E-state index in [1.54, 1.807) is 38.4 Å². The molecule has 0 aromatic heterocycles. The van der Waals surface area contributed by atoms with Gasteiger partial charge in [-0.25, -0.2) is 0 Å². The highest BCUT2D eigenvalue weighted by molar-refractivity contribution is 6.02. The van der Waals surface area contributed by atoms with Crippen LogP contribution >= 0.6 is 0 Å². The number of rotatable bonds is 15. The van der Waals surface area contributed by atoms with E-state index in [0.717, 1.165) is 32.1 Å². The molecule has 4 amide bonds. The fourth-order valence-corrected chi connectivity index (χ4v) is 4.98. The number of hydrogen-bond donors (Lipinski definition) is 7. The molecule has 0 spiro atoms. The zero-order chi connectivity index (χ0) is 30.5. The fourth-order valence-electron chi connectivity index (χ4n) is 4.98. The van der Waals surface area contributed by atoms with E-state index in [0.29, 0.717) is 24.0 Å². The van der Waals surface area contributed by atoms with Crippen molar-refractivity contribution < 1.29 is 19.2 Å². The van der Waals surface area contributed by atoms with Crippen LogP contribution in [0.1, 0.15) is 62.5 Å². The van der Waals surface area contributed by atoms with E-state index in [1.165, 1.54) is 4.90 Å². The summed E-state index contributed by atoms with van der Waals surface area (Å²) in [6, 6.07) is 4.81. The van der Waals surface area contributed by atoms with Crippen LogP contribution in [0.25, 0.3) is 0 Å². The molecule has 0 heterocycles. The molecule has 1 unspecified atom stereocenters. The quantitative estimate of drug-likeness (QED) is 0.0641. The van der Waals surface area contributed by atoms with Crippen LogP contribution in [0.3, 0.4) is 0 Å². The Balaban J connectivity index is 2.24. The van der Waals surface area contributed by atoms with Crippen LogP contribution in [0.2, 0.25) is 0 Å². The van der Waals surface area contributed by atoms with Gasteiger partial charge in [-0.2, -0.15) is 0 Å². The fraction of sp³-hybridized carbons (Fsp3) is 0.571. The van der Waals surface area contributed by atoms with Crippen molar-refractivity contribution in [1.82, 2.24) is 15.5 Å². The SMILES string of the molecule is CN(C)C(=O)C(Cc1ccc(C(=N)N)cc1)C(=O)N[C@H](CC1CCCCC1)C(=O)N[C@H](CCCN=C(N)N)C(N)=O. The standard InChI is InChI=1S/C28H45N9O4/c1-37(2)27(41)20(15-18-10-12-19(13-11-18)23(29)30)25(39)36-22(16-17-7-4-3-5-8-17)26(40)35-21(24(31)38)9-6-14-34-28(32)33/h10-13,17,20-22H,3-9,14-16H2,1-2H3,(H3,29,30)(H2,31,38)(H,35,40)(H,36,39)(H4,32,33,34)/t20?,21-,22-/m1/s1. The summed E-state index contributed by atoms with van der Waals surface area (Å²) in [6.07, 6.45) is 6.17. The minimum atomic E-state index is -1.10. The molecule has 1 aliphatic carbocycles. The lowest BCUT2D eigenvalue weighted by molar-refractivity contribution is -0.142. The largest absolute Gasteiger partial charge is 0.384 e. The summed E-state index contributed by atoms with van der Waals surface area (Å²) in [5.41, 5.74) is 23.0. The third-order valence-corrected chi connectivity index (χ3v) is 7.29. The number of amidine groups is 1. The summed E-state index contributed by atoms with van der Waals surface area (Å²) in [5.74, 6) is -3.27. The molecule has 3 atom stereocenters. The van der Waals surface area contributed by atoms with E-state index in [9.17, 15) is 19.2 Å². The molecular formula is C28H45N9O4. The van der Waals surface area contributed by atoms with Crippen molar-refractivity contribution >= 4 is 35.4 Å². The first-order chi connectivity index (χ1) is 19.4. The van der Waals surface area contributed by atoms with Gasteiger partial charge in [0.25, 0.3) is 0 Å². The molecule has 0 bridgehead atoms. The van der Waals surface area contributed by atoms with Crippen molar-refractivity contribution in [3.05, 3.63) is 35.4 Å². The summed E-state index contributed by atoms with van der Waals surface area (Å²) in [7, 11) is 3.13. The average molecular weight is 572 g/mol. The van der Waals surface area contributed by atoms with E-state index in [1.807, 2.05) is 0 Å². The summed E-state index contributed by atoms with van der Waals surface area (Å²) >= 11 is 0. The van der Waals surface area contributed by atoms with Crippen LogP contribution in [-0.4, -0.2) is 73.0 Å². The van der Waals surface area contributed by atoms with E-state index >= 15 is 0 Å². The second kappa shape index (κ2) is 16.2. The number of carbonyl (C=O) groups is 4. The zero-order valence-electron chi connectivity index (χ0n) is 24.0. The highest BCUT2D eigenvalue weighted by Gasteiger charge is 2.34. The van der Waals surface area contributed by atoms with E-state index in [-0.39, 0.29) is 37.1 Å². The van der Waals surface area contributed by atoms with Gasteiger partial charge in [-0.3, -0.25) is 29.6 Å². The van der Waals surface area contributed by atoms with Crippen molar-refractivity contribution in [3.63, 3.8) is 0 Å². The molecule has 11 N–H and O–H groups in total. The molecule has 0 aliphatic heterocycles. The number of primary amides is 1. The van der Waals surface area contributed by atoms with E-state index in [4.69, 9.17) is 28.3 Å². The van der Waals surface area contributed by atoms with Crippen LogP contribution in [-0.2, 0) is 25.6 Å². The number of carbonyl (C=O) groups excluding carboxylic acids is 4. The van der Waals surface area contributed by atoms with Crippen molar-refractivity contribution in [2.45, 2.75) is 69.9 Å². The normalized spacial score (nSPS) is 15.6. The first-order valence-electron chi connectivity index (χ1n) is 14.0. The number of hydrogen-bond acceptors (Lipinski definition) is 6. The topological polar surface area (TPSA) is 236 Å². The Morgan fingerprint density at radius 2 is 1.56 bits per heavy atom. The van der Waals surface area contributed by atoms with Gasteiger partial charge in [0.2, 0.25) is 23.6 Å². The van der Waals surface area contributed by atoms with Crippen molar-refractivity contribution in [2.24, 2.45) is 39.8 Å². The second-order valence-corrected chi connectivity index (χ2v) is 10.8. The maximum Gasteiger partial charge on any atom is 0.243 e. The van der Waals surface area contributed by atoms with Crippen LogP contribution in [0.4, 0.5) is 0 Å². The lowest BCUT2D eigenvalue weighted by atomic mass is 9.84. The highest BCUT2D eigenvalue weighted by Crippen LogP contribution is 2.27. The van der Waals surface area contributed by atoms with Crippen LogP contribution in [0, 0.1) is 17.2 Å². The first kappa shape index (κ1) is 33.0. The number of nitrogens with one attached hydrogen (secondary N) is 3. The van der Waals surface area contributed by atoms with E-state index in [2.05, 4.69) is 15.6 Å². The van der Waals surface area contributed by atoms with Gasteiger partial charge < -0.3 is 38.5 Å². The van der Waals surface area contributed by atoms with Crippen molar-refractivity contribution in [3.8, 4) is 0 Å². The molecule has 41 heavy (non-hydrogen) atoms. The van der Waals surface area contributed by atoms with Gasteiger partial charge in [0.1, 0.15) is 23.8 Å². The maximum atomic E-state index is 13.6. The number of guanidine groups is 1. The van der Waals surface area contributed by atoms with Gasteiger partial charge in [-0.1, -0.05) is 56.4 Å². The Labute approximate surface area is 241 Å². The molecular weight excluding hydrogens is 526 g/mol. The molecule has 0 saturated heterocycles. The van der Waals surface area contributed by atoms with Crippen LogP contribution in [0.15, 0.2) is 29.3 Å². The summed E-state index contributed by atoms with van der Waals surface area (Å²) in [4.78, 5) is 57.5. The van der Waals surface area contributed by atoms with Gasteiger partial charge in [0.05, 0.1) is 0 Å². The molecule has 13 heteroatoms. The molecule has 0 radical (unpaired) electrons. The molecule has 1 fully saturated rings. The Bertz CT molecular complexity index is 1090. The first-order valence-corrected chi connectivity index (χ1v) is 14.0. The van der Waals surface area contributed by atoms with E-state index < -0.39 is 41.6 Å². The van der Waals surface area contributed by atoms with Gasteiger partial charge in [-0.15, -0.1) is 0 Å². The minimum Gasteiger partial charge on any atom is -0.384 e. The number of aliphatic imine (C=N–C) groups is 1. The second-order valence-electron chi connectivity index (χ2n) is 10.8. The van der Waals surface area contributed by atoms with Crippen LogP contribution in [0.5, 0.6) is 0 Å². The lowest BCUT2D eigenvalue weighted by Gasteiger charge is -2.29. The Morgan fingerprint density at radius 1 is 0.951 bits per heavy atom. The molecule has 1 aliphatic rings. The number of nitrogens with zero attached hydrogens (tertiary/aromatic N) is 2. The molecule has 1 aromatic carbocycles. The summed E-state index contributed by atoms with van der Waals surface area (Å²) in [6.45, 7) is 0.270. The Kier molecular flexibility index (Phi) is 13.0. The number of benzene rings is 1. The summed E-state index contributed by atoms with van der Waals surface area (Å²) in [5, 5.41) is 13.1. The van der Waals surface area contributed by atoms with Gasteiger partial charge in [0, 0.05) is 26.2 Å². The Morgan fingerprint density at radius 3 is 2.10 bits per heavy atom. The minimum absolute atomic E-state index is 0.0726. The van der Waals surface area contributed by atoms with Crippen LogP contribution < -0.4 is 33.6 Å². The monoisotopic (exact) mass is 571 g/mol. The van der Waals surface area contributed by atoms with Crippen molar-refractivity contribution in [1.29, 1.82) is 5.41 Å². The number of amides is 4. The third-order valence-electron chi connectivity index (χ3n) is 7.29. The maximum absolute atomic E-state index is 13.6. The highest BCUT2D eigenvalue weighted by atomic mass is 16.2. The molecule has 1 aromatic rings. The predicted octanol–water partition coefficient (Wildman–Crippen LogP) is -0.304. The van der Waals surface area contributed by atoms with Crippen molar-refractivity contribution in [2.75, 3.05) is 20.6 Å². The lowest BCUT2D eigenvalue weighted by Crippen LogP contribution is -2.55. The number of nitrogen functional groups attached to an aromatic ring is 1. The smallest absolute Gasteiger partial charge is 0.243 e. The third kappa shape index (κ3) is 11.1. The van der Waals surface area contributed by atoms with Gasteiger partial charge in [-0.05, 0) is 37.2 Å². The molecule has 2 rings (SSSR count). The van der Waals surface area contributed by atoms with Gasteiger partial charge in [0.15, 0.2) is 5.96 Å². The predicted molar refractivity (Wildman–Crippen MR) is 158 cm³/mol. The molecule has 226 valence electrons.